The van der Waals surface area contributed by atoms with E-state index in [-0.39, 0.29) is 4.75 Å². The molecule has 0 aromatic carbocycles. The van der Waals surface area contributed by atoms with Crippen molar-refractivity contribution < 1.29 is 9.16 Å². The van der Waals surface area contributed by atoms with Gasteiger partial charge in [0.1, 0.15) is 5.82 Å². The Morgan fingerprint density at radius 2 is 1.70 bits per heavy atom. The van der Waals surface area contributed by atoms with Crippen LogP contribution >= 0.6 is 23.4 Å². The number of aromatic nitrogens is 2. The van der Waals surface area contributed by atoms with Crippen LogP contribution in [0.2, 0.25) is 21.9 Å². The molecule has 1 aliphatic heterocycles. The summed E-state index contributed by atoms with van der Waals surface area (Å²) in [4.78, 5) is 11.3. The minimum absolute atomic E-state index is 0.0781. The van der Waals surface area contributed by atoms with Gasteiger partial charge >= 0.3 is 0 Å². The molecule has 30 heavy (non-hydrogen) atoms. The lowest BCUT2D eigenvalue weighted by molar-refractivity contribution is 0.122. The van der Waals surface area contributed by atoms with E-state index >= 15 is 0 Å². The highest BCUT2D eigenvalue weighted by Gasteiger charge is 2.48. The average molecular weight is 472 g/mol. The Morgan fingerprint density at radius 3 is 2.23 bits per heavy atom. The van der Waals surface area contributed by atoms with Crippen molar-refractivity contribution in [3.8, 4) is 0 Å². The Kier molecular flexibility index (Phi) is 8.16. The standard InChI is InChI=1S/C22H38ClN3O2SSi/c1-16(2)30(17(3)4,18(5)6)28-13-14-29-22(7-8-22)19-15-20(25-21(23)24-19)26-9-11-27-12-10-26/h15-18H,7-14H2,1-6H3. The maximum absolute atomic E-state index is 6.75. The predicted molar refractivity (Wildman–Crippen MR) is 130 cm³/mol. The zero-order valence-electron chi connectivity index (χ0n) is 19.4. The summed E-state index contributed by atoms with van der Waals surface area (Å²) >= 11 is 8.31. The summed E-state index contributed by atoms with van der Waals surface area (Å²) in [7, 11) is -1.80. The van der Waals surface area contributed by atoms with E-state index in [0.29, 0.717) is 21.9 Å². The number of nitrogens with zero attached hydrogens (tertiary/aromatic N) is 3. The maximum atomic E-state index is 6.75. The molecule has 8 heteroatoms. The van der Waals surface area contributed by atoms with Crippen LogP contribution in [0.25, 0.3) is 0 Å². The van der Waals surface area contributed by atoms with Gasteiger partial charge in [0.25, 0.3) is 0 Å². The maximum Gasteiger partial charge on any atom is 0.224 e. The number of morpholine rings is 1. The molecule has 1 aromatic rings. The van der Waals surface area contributed by atoms with Crippen molar-refractivity contribution in [3.63, 3.8) is 0 Å². The molecule has 1 saturated carbocycles. The molecule has 1 aromatic heterocycles. The number of anilines is 1. The number of hydrogen-bond acceptors (Lipinski definition) is 6. The summed E-state index contributed by atoms with van der Waals surface area (Å²) < 4.78 is 12.3. The second-order valence-electron chi connectivity index (χ2n) is 9.49. The molecule has 1 saturated heterocycles. The fourth-order valence-electron chi connectivity index (χ4n) is 5.14. The molecule has 0 atom stereocenters. The lowest BCUT2D eigenvalue weighted by Crippen LogP contribution is -2.48. The fraction of sp³-hybridized carbons (Fsp3) is 0.818. The van der Waals surface area contributed by atoms with E-state index < -0.39 is 8.32 Å². The molecule has 2 fully saturated rings. The van der Waals surface area contributed by atoms with Gasteiger partial charge in [-0.1, -0.05) is 41.5 Å². The molecule has 5 nitrogen and oxygen atoms in total. The summed E-state index contributed by atoms with van der Waals surface area (Å²) in [6, 6.07) is 2.15. The zero-order valence-corrected chi connectivity index (χ0v) is 22.0. The van der Waals surface area contributed by atoms with E-state index in [4.69, 9.17) is 20.8 Å². The van der Waals surface area contributed by atoms with E-state index in [1.807, 2.05) is 11.8 Å². The lowest BCUT2D eigenvalue weighted by atomic mass is 10.2. The van der Waals surface area contributed by atoms with Crippen LogP contribution in [0.3, 0.4) is 0 Å². The Labute approximate surface area is 192 Å². The molecule has 2 aliphatic rings. The van der Waals surface area contributed by atoms with Gasteiger partial charge in [0.2, 0.25) is 5.28 Å². The number of halogens is 1. The van der Waals surface area contributed by atoms with Gasteiger partial charge in [-0.15, -0.1) is 11.8 Å². The SMILES string of the molecule is CC(C)[Si](OCCSC1(c2cc(N3CCOCC3)nc(Cl)n2)CC1)(C(C)C)C(C)C. The van der Waals surface area contributed by atoms with Gasteiger partial charge < -0.3 is 14.1 Å². The fourth-order valence-corrected chi connectivity index (χ4v) is 12.1. The van der Waals surface area contributed by atoms with Gasteiger partial charge in [0.15, 0.2) is 8.32 Å². The number of rotatable bonds is 10. The average Bonchev–Trinajstić information content (AvgIpc) is 3.48. The minimum Gasteiger partial charge on any atom is -0.415 e. The first kappa shape index (κ1) is 24.3. The van der Waals surface area contributed by atoms with E-state index in [1.165, 1.54) is 0 Å². The molecule has 170 valence electrons. The zero-order chi connectivity index (χ0) is 21.9. The summed E-state index contributed by atoms with van der Waals surface area (Å²) in [5.41, 5.74) is 2.94. The lowest BCUT2D eigenvalue weighted by Gasteiger charge is -2.42. The summed E-state index contributed by atoms with van der Waals surface area (Å²) in [6.07, 6.45) is 2.29. The third-order valence-corrected chi connectivity index (χ3v) is 14.5. The molecule has 2 heterocycles. The molecule has 0 radical (unpaired) electrons. The Morgan fingerprint density at radius 1 is 1.10 bits per heavy atom. The Bertz CT molecular complexity index is 688. The van der Waals surface area contributed by atoms with Crippen molar-refractivity contribution in [2.24, 2.45) is 0 Å². The van der Waals surface area contributed by atoms with Crippen molar-refractivity contribution in [2.45, 2.75) is 75.8 Å². The highest BCUT2D eigenvalue weighted by Crippen LogP contribution is 2.57. The molecule has 0 amide bonds. The summed E-state index contributed by atoms with van der Waals surface area (Å²) in [5.74, 6) is 1.93. The topological polar surface area (TPSA) is 47.5 Å². The Hall–Kier alpha value is -0.343. The van der Waals surface area contributed by atoms with E-state index in [2.05, 4.69) is 62.5 Å². The van der Waals surface area contributed by atoms with Gasteiger partial charge in [0, 0.05) is 31.5 Å². The monoisotopic (exact) mass is 471 g/mol. The highest BCUT2D eigenvalue weighted by molar-refractivity contribution is 8.00. The quantitative estimate of drug-likeness (QED) is 0.241. The van der Waals surface area contributed by atoms with Gasteiger partial charge in [-0.25, -0.2) is 9.97 Å². The van der Waals surface area contributed by atoms with Crippen LogP contribution in [-0.2, 0) is 13.9 Å². The highest BCUT2D eigenvalue weighted by atomic mass is 35.5. The molecular formula is C22H38ClN3O2SSi. The van der Waals surface area contributed by atoms with Crippen LogP contribution in [0.1, 0.15) is 60.1 Å². The van der Waals surface area contributed by atoms with Crippen molar-refractivity contribution in [3.05, 3.63) is 17.0 Å². The van der Waals surface area contributed by atoms with Crippen molar-refractivity contribution in [1.82, 2.24) is 9.97 Å². The molecule has 0 N–H and O–H groups in total. The molecule has 0 unspecified atom stereocenters. The molecule has 3 rings (SSSR count). The summed E-state index contributed by atoms with van der Waals surface area (Å²) in [5, 5.41) is 0.350. The third kappa shape index (κ3) is 5.17. The smallest absolute Gasteiger partial charge is 0.224 e. The van der Waals surface area contributed by atoms with E-state index in [0.717, 1.165) is 63.0 Å². The van der Waals surface area contributed by atoms with Crippen molar-refractivity contribution in [1.29, 1.82) is 0 Å². The van der Waals surface area contributed by atoms with Crippen molar-refractivity contribution >= 4 is 37.5 Å². The van der Waals surface area contributed by atoms with E-state index in [9.17, 15) is 0 Å². The van der Waals surface area contributed by atoms with Gasteiger partial charge in [-0.2, -0.15) is 0 Å². The number of ether oxygens (including phenoxy) is 1. The first-order chi connectivity index (χ1) is 14.2. The number of hydrogen-bond donors (Lipinski definition) is 0. The van der Waals surface area contributed by atoms with Gasteiger partial charge in [-0.05, 0) is 41.1 Å². The number of thioether (sulfide) groups is 1. The normalized spacial score (nSPS) is 19.2. The summed E-state index contributed by atoms with van der Waals surface area (Å²) in [6.45, 7) is 18.1. The third-order valence-electron chi connectivity index (χ3n) is 6.71. The van der Waals surface area contributed by atoms with Crippen molar-refractivity contribution in [2.75, 3.05) is 43.6 Å². The second kappa shape index (κ2) is 10.1. The van der Waals surface area contributed by atoms with Gasteiger partial charge in [-0.3, -0.25) is 0 Å². The first-order valence-corrected chi connectivity index (χ1v) is 14.9. The molecule has 0 spiro atoms. The second-order valence-corrected chi connectivity index (χ2v) is 16.8. The van der Waals surface area contributed by atoms with Crippen LogP contribution in [0.5, 0.6) is 0 Å². The van der Waals surface area contributed by atoms with Crippen LogP contribution < -0.4 is 4.90 Å². The van der Waals surface area contributed by atoms with Gasteiger partial charge in [0.05, 0.1) is 23.7 Å². The van der Waals surface area contributed by atoms with Crippen LogP contribution in [-0.4, -0.2) is 56.9 Å². The van der Waals surface area contributed by atoms with Crippen LogP contribution in [0.15, 0.2) is 6.07 Å². The minimum atomic E-state index is -1.80. The van der Waals surface area contributed by atoms with Crippen LogP contribution in [0.4, 0.5) is 5.82 Å². The van der Waals surface area contributed by atoms with Crippen LogP contribution in [0, 0.1) is 0 Å². The largest absolute Gasteiger partial charge is 0.415 e. The Balaban J connectivity index is 1.64. The first-order valence-electron chi connectivity index (χ1n) is 11.4. The predicted octanol–water partition coefficient (Wildman–Crippen LogP) is 5.88. The molecular weight excluding hydrogens is 434 g/mol. The molecule has 1 aliphatic carbocycles. The van der Waals surface area contributed by atoms with E-state index in [1.54, 1.807) is 0 Å². The molecule has 0 bridgehead atoms.